The Labute approximate surface area is 198 Å². The highest BCUT2D eigenvalue weighted by molar-refractivity contribution is 6.02. The van der Waals surface area contributed by atoms with Crippen LogP contribution in [0.3, 0.4) is 0 Å². The van der Waals surface area contributed by atoms with Crippen LogP contribution < -0.4 is 15.8 Å². The summed E-state index contributed by atoms with van der Waals surface area (Å²) in [5.41, 5.74) is 2.68. The van der Waals surface area contributed by atoms with E-state index < -0.39 is 85.0 Å². The second-order valence-corrected chi connectivity index (χ2v) is 8.33. The van der Waals surface area contributed by atoms with Crippen LogP contribution in [0.25, 0.3) is 0 Å². The van der Waals surface area contributed by atoms with Gasteiger partial charge in [0.2, 0.25) is 5.88 Å². The first-order valence-corrected chi connectivity index (χ1v) is 10.4. The highest BCUT2D eigenvalue weighted by Crippen LogP contribution is 2.53. The lowest BCUT2D eigenvalue weighted by molar-refractivity contribution is -0.154. The molecular formula is C21H18F7N5O3. The molecule has 36 heavy (non-hydrogen) atoms. The van der Waals surface area contributed by atoms with Crippen molar-refractivity contribution in [2.75, 3.05) is 18.6 Å². The minimum absolute atomic E-state index is 0.0648. The zero-order valence-electron chi connectivity index (χ0n) is 18.2. The van der Waals surface area contributed by atoms with Gasteiger partial charge in [-0.25, -0.2) is 32.5 Å². The summed E-state index contributed by atoms with van der Waals surface area (Å²) in [6.45, 7) is -2.97. The summed E-state index contributed by atoms with van der Waals surface area (Å²) in [6.07, 6.45) is -5.69. The molecule has 3 N–H and O–H groups in total. The molecular weight excluding hydrogens is 503 g/mol. The third kappa shape index (κ3) is 5.14. The van der Waals surface area contributed by atoms with Gasteiger partial charge in [0.1, 0.15) is 29.8 Å². The summed E-state index contributed by atoms with van der Waals surface area (Å²) in [7, 11) is 0. The molecule has 1 amide bonds. The van der Waals surface area contributed by atoms with Gasteiger partial charge in [-0.15, -0.1) is 0 Å². The van der Waals surface area contributed by atoms with Crippen LogP contribution in [0.5, 0.6) is 5.88 Å². The van der Waals surface area contributed by atoms with Gasteiger partial charge >= 0.3 is 6.18 Å². The number of nitrogens with zero attached hydrogens (tertiary/aromatic N) is 3. The Morgan fingerprint density at radius 3 is 2.61 bits per heavy atom. The van der Waals surface area contributed by atoms with Gasteiger partial charge in [-0.3, -0.25) is 4.79 Å². The number of benzene rings is 1. The number of hydrogen-bond acceptors (Lipinski definition) is 7. The van der Waals surface area contributed by atoms with Crippen molar-refractivity contribution in [3.05, 3.63) is 47.7 Å². The summed E-state index contributed by atoms with van der Waals surface area (Å²) in [5.74, 6) is -6.77. The van der Waals surface area contributed by atoms with E-state index in [0.717, 1.165) is 30.6 Å². The summed E-state index contributed by atoms with van der Waals surface area (Å²) >= 11 is 0. The number of nitrogens with one attached hydrogen (secondary N) is 1. The predicted molar refractivity (Wildman–Crippen MR) is 110 cm³/mol. The van der Waals surface area contributed by atoms with Crippen LogP contribution in [0.15, 0.2) is 35.6 Å². The van der Waals surface area contributed by atoms with E-state index in [0.29, 0.717) is 0 Å². The van der Waals surface area contributed by atoms with Gasteiger partial charge in [-0.2, -0.15) is 13.2 Å². The van der Waals surface area contributed by atoms with Crippen molar-refractivity contribution in [2.24, 2.45) is 16.6 Å². The number of amides is 1. The molecule has 3 atom stereocenters. The Morgan fingerprint density at radius 2 is 1.97 bits per heavy atom. The molecule has 15 heteroatoms. The smallest absolute Gasteiger partial charge is 0.422 e. The molecule has 1 aliphatic heterocycles. The number of alkyl halides is 6. The van der Waals surface area contributed by atoms with Crippen molar-refractivity contribution >= 4 is 17.6 Å². The second kappa shape index (κ2) is 9.09. The maximum Gasteiger partial charge on any atom is 0.422 e. The molecule has 8 nitrogen and oxygen atoms in total. The summed E-state index contributed by atoms with van der Waals surface area (Å²) in [5, 5.41) is 2.36. The molecule has 1 aliphatic carbocycles. The van der Waals surface area contributed by atoms with E-state index in [2.05, 4.69) is 25.0 Å². The van der Waals surface area contributed by atoms with Crippen LogP contribution in [0.4, 0.5) is 36.4 Å². The molecule has 194 valence electrons. The Bertz CT molecular complexity index is 1180. The molecule has 1 aromatic carbocycles. The zero-order valence-corrected chi connectivity index (χ0v) is 18.2. The molecule has 2 aromatic rings. The molecule has 1 aromatic heterocycles. The monoisotopic (exact) mass is 521 g/mol. The Balaban J connectivity index is 1.58. The van der Waals surface area contributed by atoms with Crippen molar-refractivity contribution in [2.45, 2.75) is 36.6 Å². The minimum Gasteiger partial charge on any atom is -0.467 e. The van der Waals surface area contributed by atoms with E-state index in [-0.39, 0.29) is 11.4 Å². The van der Waals surface area contributed by atoms with E-state index in [1.165, 1.54) is 0 Å². The van der Waals surface area contributed by atoms with Crippen molar-refractivity contribution in [3.8, 4) is 5.88 Å². The van der Waals surface area contributed by atoms with Gasteiger partial charge in [0, 0.05) is 30.0 Å². The maximum absolute atomic E-state index is 14.9. The molecule has 0 unspecified atom stereocenters. The fraction of sp³-hybridized carbons (Fsp3) is 0.429. The topological polar surface area (TPSA) is 112 Å². The highest BCUT2D eigenvalue weighted by Gasteiger charge is 2.60. The van der Waals surface area contributed by atoms with Crippen molar-refractivity contribution in [1.82, 2.24) is 9.97 Å². The van der Waals surface area contributed by atoms with Gasteiger partial charge < -0.3 is 20.5 Å². The average molecular weight is 521 g/mol. The first-order chi connectivity index (χ1) is 16.8. The van der Waals surface area contributed by atoms with Crippen LogP contribution in [-0.2, 0) is 10.3 Å². The van der Waals surface area contributed by atoms with Crippen LogP contribution >= 0.6 is 0 Å². The van der Waals surface area contributed by atoms with Crippen LogP contribution in [0.1, 0.15) is 28.9 Å². The lowest BCUT2D eigenvalue weighted by atomic mass is 9.76. The van der Waals surface area contributed by atoms with E-state index >= 15 is 0 Å². The predicted octanol–water partition coefficient (Wildman–Crippen LogP) is 3.73. The highest BCUT2D eigenvalue weighted by atomic mass is 19.4. The molecule has 2 heterocycles. The quantitative estimate of drug-likeness (QED) is 0.561. The molecule has 0 bridgehead atoms. The van der Waals surface area contributed by atoms with E-state index in [1.807, 2.05) is 0 Å². The van der Waals surface area contributed by atoms with Crippen LogP contribution in [0, 0.1) is 11.7 Å². The number of nitrogens with two attached hydrogens (primary N) is 1. The van der Waals surface area contributed by atoms with Crippen molar-refractivity contribution < 1.29 is 45.0 Å². The van der Waals surface area contributed by atoms with Crippen LogP contribution in [-0.4, -0.2) is 53.4 Å². The largest absolute Gasteiger partial charge is 0.467 e. The molecule has 0 radical (unpaired) electrons. The number of rotatable bonds is 6. The maximum atomic E-state index is 14.9. The lowest BCUT2D eigenvalue weighted by Gasteiger charge is -2.40. The standard InChI is InChI=1S/C21H18F7N5O3/c22-8-20(12-4-19(24,25)5-15(12)36-18(29)33-20)11-3-10(1-2-13(11)23)32-17(34)14-6-31-16(7-30-14)35-9-21(26,27)28/h1-3,6-7,12,15H,4-5,8-9H2,(H2,29,33)(H,32,34)/t12-,15+,20+/m0/s1. The molecule has 1 fully saturated rings. The first kappa shape index (κ1) is 25.4. The Morgan fingerprint density at radius 1 is 1.22 bits per heavy atom. The SMILES string of the molecule is NC1=N[C@](CF)(c2cc(NC(=O)c3cnc(OCC(F)(F)F)cn3)ccc2F)[C@H]2CC(F)(F)C[C@H]2O1. The van der Waals surface area contributed by atoms with E-state index in [1.54, 1.807) is 0 Å². The number of fused-ring (bicyclic) bond motifs is 1. The number of aliphatic imine (C=N–C) groups is 1. The number of halogens is 7. The number of anilines is 1. The van der Waals surface area contributed by atoms with Gasteiger partial charge in [0.25, 0.3) is 17.9 Å². The average Bonchev–Trinajstić information content (AvgIpc) is 3.12. The van der Waals surface area contributed by atoms with Crippen molar-refractivity contribution in [3.63, 3.8) is 0 Å². The first-order valence-electron chi connectivity index (χ1n) is 10.4. The van der Waals surface area contributed by atoms with Crippen LogP contribution in [0.2, 0.25) is 0 Å². The molecule has 1 saturated carbocycles. The van der Waals surface area contributed by atoms with E-state index in [4.69, 9.17) is 10.5 Å². The number of amidine groups is 1. The normalized spacial score (nSPS) is 24.9. The molecule has 4 rings (SSSR count). The third-order valence-corrected chi connectivity index (χ3v) is 5.80. The summed E-state index contributed by atoms with van der Waals surface area (Å²) < 4.78 is 104. The van der Waals surface area contributed by atoms with E-state index in [9.17, 15) is 35.5 Å². The third-order valence-electron chi connectivity index (χ3n) is 5.80. The van der Waals surface area contributed by atoms with Gasteiger partial charge in [-0.05, 0) is 18.2 Å². The Hall–Kier alpha value is -3.65. The van der Waals surface area contributed by atoms with Gasteiger partial charge in [-0.1, -0.05) is 0 Å². The van der Waals surface area contributed by atoms with Crippen molar-refractivity contribution in [1.29, 1.82) is 0 Å². The zero-order chi connectivity index (χ0) is 26.3. The summed E-state index contributed by atoms with van der Waals surface area (Å²) in [4.78, 5) is 23.6. The number of ether oxygens (including phenoxy) is 2. The van der Waals surface area contributed by atoms with Gasteiger partial charge in [0.05, 0.1) is 12.4 Å². The fourth-order valence-corrected chi connectivity index (χ4v) is 4.29. The second-order valence-electron chi connectivity index (χ2n) is 8.33. The Kier molecular flexibility index (Phi) is 6.43. The molecule has 2 aliphatic rings. The number of carbonyl (C=O) groups excluding carboxylic acids is 1. The molecule has 0 spiro atoms. The summed E-state index contributed by atoms with van der Waals surface area (Å²) in [6, 6.07) is 2.50. The number of aromatic nitrogens is 2. The number of carbonyl (C=O) groups is 1. The van der Waals surface area contributed by atoms with Gasteiger partial charge in [0.15, 0.2) is 6.61 Å². The molecule has 0 saturated heterocycles. The minimum atomic E-state index is -4.59. The fourth-order valence-electron chi connectivity index (χ4n) is 4.29. The number of hydrogen-bond donors (Lipinski definition) is 2. The lowest BCUT2D eigenvalue weighted by Crippen LogP contribution is -2.48.